The number of aromatic nitrogens is 2. The summed E-state index contributed by atoms with van der Waals surface area (Å²) in [7, 11) is 0. The Bertz CT molecular complexity index is 908. The minimum Gasteiger partial charge on any atom is -0.409 e. The number of H-pyrrole nitrogens is 1. The van der Waals surface area contributed by atoms with E-state index in [0.29, 0.717) is 6.61 Å². The highest BCUT2D eigenvalue weighted by Gasteiger charge is 2.19. The number of imidazole rings is 1. The van der Waals surface area contributed by atoms with Crippen molar-refractivity contribution in [2.75, 3.05) is 26.2 Å². The Morgan fingerprint density at radius 2 is 1.74 bits per heavy atom. The van der Waals surface area contributed by atoms with Crippen LogP contribution in [-0.2, 0) is 6.42 Å². The van der Waals surface area contributed by atoms with Crippen LogP contribution in [-0.4, -0.2) is 40.9 Å². The van der Waals surface area contributed by atoms with E-state index in [1.54, 1.807) is 0 Å². The molecule has 1 N–H and O–H groups in total. The van der Waals surface area contributed by atoms with Crippen molar-refractivity contribution in [1.29, 1.82) is 0 Å². The van der Waals surface area contributed by atoms with E-state index in [1.807, 2.05) is 24.3 Å². The number of hydrogen-bond acceptors (Lipinski definition) is 3. The van der Waals surface area contributed by atoms with Crippen molar-refractivity contribution in [3.63, 3.8) is 0 Å². The zero-order valence-electron chi connectivity index (χ0n) is 15.6. The molecule has 1 fully saturated rings. The molecule has 4 rings (SSSR count). The third kappa shape index (κ3) is 4.42. The molecule has 0 amide bonds. The first-order chi connectivity index (χ1) is 13.3. The van der Waals surface area contributed by atoms with Crippen molar-refractivity contribution in [3.8, 4) is 0 Å². The molecule has 0 unspecified atom stereocenters. The van der Waals surface area contributed by atoms with Crippen LogP contribution < -0.4 is 10.5 Å². The Labute approximate surface area is 159 Å². The number of likely N-dealkylation sites (tertiary alicyclic amines) is 1. The van der Waals surface area contributed by atoms with Gasteiger partial charge in [-0.1, -0.05) is 42.5 Å². The van der Waals surface area contributed by atoms with Gasteiger partial charge in [0.15, 0.2) is 0 Å². The molecule has 27 heavy (non-hydrogen) atoms. The van der Waals surface area contributed by atoms with E-state index in [0.717, 1.165) is 43.0 Å². The Balaban J connectivity index is 1.19. The Morgan fingerprint density at radius 1 is 1.00 bits per heavy atom. The molecule has 2 aromatic carbocycles. The molecule has 142 valence electrons. The molecule has 0 radical (unpaired) electrons. The minimum absolute atomic E-state index is 0.210. The Kier molecular flexibility index (Phi) is 5.58. The number of piperidine rings is 1. The fourth-order valence-electron chi connectivity index (χ4n) is 3.97. The lowest BCUT2D eigenvalue weighted by molar-refractivity contribution is 0.0951. The van der Waals surface area contributed by atoms with Crippen LogP contribution >= 0.6 is 0 Å². The molecule has 0 aliphatic carbocycles. The average Bonchev–Trinajstić information content (AvgIpc) is 3.02. The molecule has 0 saturated carbocycles. The molecule has 5 nitrogen and oxygen atoms in total. The summed E-state index contributed by atoms with van der Waals surface area (Å²) in [6.07, 6.45) is 4.64. The second kappa shape index (κ2) is 8.44. The summed E-state index contributed by atoms with van der Waals surface area (Å²) in [5.41, 5.74) is 2.85. The predicted molar refractivity (Wildman–Crippen MR) is 108 cm³/mol. The zero-order valence-corrected chi connectivity index (χ0v) is 15.6. The monoisotopic (exact) mass is 365 g/mol. The lowest BCUT2D eigenvalue weighted by Gasteiger charge is -2.32. The van der Waals surface area contributed by atoms with Gasteiger partial charge < -0.3 is 14.7 Å². The maximum atomic E-state index is 12.0. The maximum Gasteiger partial charge on any atom is 0.359 e. The lowest BCUT2D eigenvalue weighted by atomic mass is 9.90. The van der Waals surface area contributed by atoms with Crippen molar-refractivity contribution in [3.05, 3.63) is 70.6 Å². The summed E-state index contributed by atoms with van der Waals surface area (Å²) in [6, 6.07) is 18.4. The molecular weight excluding hydrogens is 338 g/mol. The second-order valence-corrected chi connectivity index (χ2v) is 7.40. The van der Waals surface area contributed by atoms with Crippen LogP contribution in [0.2, 0.25) is 0 Å². The SMILES string of the molecule is O=c1[nH]c2ccccc2n1OCCCN1CCC(Cc2ccccc2)CC1. The van der Waals surface area contributed by atoms with Crippen molar-refractivity contribution in [1.82, 2.24) is 14.6 Å². The number of nitrogens with zero attached hydrogens (tertiary/aromatic N) is 2. The molecule has 1 aromatic heterocycles. The number of aromatic amines is 1. The first-order valence-electron chi connectivity index (χ1n) is 9.89. The fourth-order valence-corrected chi connectivity index (χ4v) is 3.97. The third-order valence-electron chi connectivity index (χ3n) is 5.46. The average molecular weight is 365 g/mol. The van der Waals surface area contributed by atoms with Gasteiger partial charge in [0, 0.05) is 6.54 Å². The van der Waals surface area contributed by atoms with E-state index >= 15 is 0 Å². The predicted octanol–water partition coefficient (Wildman–Crippen LogP) is 3.10. The van der Waals surface area contributed by atoms with Crippen LogP contribution in [0.4, 0.5) is 0 Å². The van der Waals surface area contributed by atoms with E-state index in [4.69, 9.17) is 4.84 Å². The lowest BCUT2D eigenvalue weighted by Crippen LogP contribution is -2.36. The normalized spacial score (nSPS) is 16.0. The van der Waals surface area contributed by atoms with Crippen molar-refractivity contribution in [2.45, 2.75) is 25.7 Å². The molecule has 2 heterocycles. The molecule has 0 atom stereocenters. The highest BCUT2D eigenvalue weighted by molar-refractivity contribution is 5.74. The number of fused-ring (bicyclic) bond motifs is 1. The summed E-state index contributed by atoms with van der Waals surface area (Å²) in [5, 5.41) is 0. The van der Waals surface area contributed by atoms with Gasteiger partial charge in [-0.15, -0.1) is 4.73 Å². The smallest absolute Gasteiger partial charge is 0.359 e. The van der Waals surface area contributed by atoms with E-state index in [2.05, 4.69) is 40.2 Å². The summed E-state index contributed by atoms with van der Waals surface area (Å²) < 4.78 is 1.38. The van der Waals surface area contributed by atoms with Gasteiger partial charge in [0.25, 0.3) is 0 Å². The third-order valence-corrected chi connectivity index (χ3v) is 5.46. The molecule has 5 heteroatoms. The maximum absolute atomic E-state index is 12.0. The quantitative estimate of drug-likeness (QED) is 0.655. The van der Waals surface area contributed by atoms with Gasteiger partial charge >= 0.3 is 5.69 Å². The van der Waals surface area contributed by atoms with Crippen LogP contribution in [0.25, 0.3) is 11.0 Å². The number of para-hydroxylation sites is 2. The van der Waals surface area contributed by atoms with Crippen LogP contribution in [0.1, 0.15) is 24.8 Å². The van der Waals surface area contributed by atoms with E-state index in [-0.39, 0.29) is 5.69 Å². The first kappa shape index (κ1) is 17.9. The molecular formula is C22H27N3O2. The number of nitrogens with one attached hydrogen (secondary N) is 1. The van der Waals surface area contributed by atoms with Gasteiger partial charge in [-0.2, -0.15) is 0 Å². The number of rotatable bonds is 7. The van der Waals surface area contributed by atoms with Crippen LogP contribution in [0, 0.1) is 5.92 Å². The molecule has 1 saturated heterocycles. The Morgan fingerprint density at radius 3 is 2.56 bits per heavy atom. The summed E-state index contributed by atoms with van der Waals surface area (Å²) in [4.78, 5) is 23.1. The van der Waals surface area contributed by atoms with Gasteiger partial charge in [0.05, 0.1) is 5.52 Å². The molecule has 0 bridgehead atoms. The van der Waals surface area contributed by atoms with E-state index in [1.165, 1.54) is 29.6 Å². The van der Waals surface area contributed by atoms with Crippen LogP contribution in [0.5, 0.6) is 0 Å². The first-order valence-corrected chi connectivity index (χ1v) is 9.89. The number of hydrogen-bond donors (Lipinski definition) is 1. The highest BCUT2D eigenvalue weighted by atomic mass is 16.7. The Hall–Kier alpha value is -2.53. The number of benzene rings is 2. The second-order valence-electron chi connectivity index (χ2n) is 7.40. The zero-order chi connectivity index (χ0) is 18.5. The topological polar surface area (TPSA) is 50.3 Å². The molecule has 1 aliphatic rings. The minimum atomic E-state index is -0.210. The molecule has 3 aromatic rings. The van der Waals surface area contributed by atoms with Crippen molar-refractivity contribution >= 4 is 11.0 Å². The summed E-state index contributed by atoms with van der Waals surface area (Å²) in [6.45, 7) is 3.88. The van der Waals surface area contributed by atoms with Gasteiger partial charge in [0.2, 0.25) is 0 Å². The molecule has 1 aliphatic heterocycles. The van der Waals surface area contributed by atoms with Gasteiger partial charge in [-0.05, 0) is 62.4 Å². The van der Waals surface area contributed by atoms with Crippen LogP contribution in [0.3, 0.4) is 0 Å². The molecule has 0 spiro atoms. The fraction of sp³-hybridized carbons (Fsp3) is 0.409. The van der Waals surface area contributed by atoms with Crippen LogP contribution in [0.15, 0.2) is 59.4 Å². The van der Waals surface area contributed by atoms with Gasteiger partial charge in [-0.3, -0.25) is 0 Å². The highest BCUT2D eigenvalue weighted by Crippen LogP contribution is 2.21. The summed E-state index contributed by atoms with van der Waals surface area (Å²) in [5.74, 6) is 0.796. The largest absolute Gasteiger partial charge is 0.409 e. The van der Waals surface area contributed by atoms with Crippen molar-refractivity contribution in [2.24, 2.45) is 5.92 Å². The van der Waals surface area contributed by atoms with E-state index < -0.39 is 0 Å². The van der Waals surface area contributed by atoms with Gasteiger partial charge in [0.1, 0.15) is 12.1 Å². The van der Waals surface area contributed by atoms with Gasteiger partial charge in [-0.25, -0.2) is 4.79 Å². The summed E-state index contributed by atoms with van der Waals surface area (Å²) >= 11 is 0. The van der Waals surface area contributed by atoms with Crippen molar-refractivity contribution < 1.29 is 4.84 Å². The van der Waals surface area contributed by atoms with E-state index in [9.17, 15) is 4.79 Å². The standard InChI is InChI=1S/C22H27N3O2/c26-22-23-20-9-4-5-10-21(20)25(22)27-16-6-13-24-14-11-19(12-15-24)17-18-7-2-1-3-8-18/h1-5,7-10,19H,6,11-17H2,(H,23,26).